The van der Waals surface area contributed by atoms with Crippen LogP contribution in [0.1, 0.15) is 32.8 Å². The molecule has 2 unspecified atom stereocenters. The molecule has 0 heterocycles. The smallest absolute Gasteiger partial charge is 0.406 e. The minimum absolute atomic E-state index is 0.0934. The fourth-order valence-corrected chi connectivity index (χ4v) is 3.22. The Balaban J connectivity index is 1.94. The summed E-state index contributed by atoms with van der Waals surface area (Å²) >= 11 is 0. The lowest BCUT2D eigenvalue weighted by molar-refractivity contribution is -0.274. The number of carbonyl (C=O) groups excluding carboxylic acids is 1. The quantitative estimate of drug-likeness (QED) is 0.770. The van der Waals surface area contributed by atoms with E-state index in [1.165, 1.54) is 18.2 Å². The predicted molar refractivity (Wildman–Crippen MR) is 90.6 cm³/mol. The highest BCUT2D eigenvalue weighted by atomic mass is 19.4. The van der Waals surface area contributed by atoms with E-state index in [2.05, 4.69) is 10.1 Å². The number of para-hydroxylation sites is 1. The van der Waals surface area contributed by atoms with Crippen LogP contribution in [0.15, 0.2) is 24.3 Å². The molecule has 8 heteroatoms. The van der Waals surface area contributed by atoms with Crippen molar-refractivity contribution in [1.82, 2.24) is 5.32 Å². The second-order valence-corrected chi connectivity index (χ2v) is 7.00. The summed E-state index contributed by atoms with van der Waals surface area (Å²) in [6.07, 6.45) is -4.24. The van der Waals surface area contributed by atoms with Gasteiger partial charge in [0.25, 0.3) is 0 Å². The molecule has 2 atom stereocenters. The second kappa shape index (κ2) is 7.44. The third-order valence-electron chi connectivity index (χ3n) is 5.11. The van der Waals surface area contributed by atoms with E-state index in [-0.39, 0.29) is 30.7 Å². The first-order valence-electron chi connectivity index (χ1n) is 8.53. The molecule has 0 saturated heterocycles. The van der Waals surface area contributed by atoms with Crippen LogP contribution in [0.3, 0.4) is 0 Å². The molecule has 1 aromatic carbocycles. The fourth-order valence-electron chi connectivity index (χ4n) is 3.22. The topological polar surface area (TPSA) is 73.6 Å². The van der Waals surface area contributed by atoms with Crippen molar-refractivity contribution in [3.8, 4) is 5.75 Å². The van der Waals surface area contributed by atoms with Crippen LogP contribution in [0.25, 0.3) is 0 Å². The Morgan fingerprint density at radius 1 is 1.35 bits per heavy atom. The van der Waals surface area contributed by atoms with Crippen molar-refractivity contribution in [2.45, 2.75) is 51.6 Å². The number of halogens is 3. The minimum Gasteiger partial charge on any atom is -0.406 e. The number of amides is 1. The van der Waals surface area contributed by atoms with Gasteiger partial charge >= 0.3 is 6.36 Å². The molecule has 1 amide bonds. The maximum atomic E-state index is 12.5. The van der Waals surface area contributed by atoms with Crippen molar-refractivity contribution < 1.29 is 27.4 Å². The Kier molecular flexibility index (Phi) is 5.87. The van der Waals surface area contributed by atoms with Crippen LogP contribution in [0, 0.1) is 5.41 Å². The first kappa shape index (κ1) is 20.5. The van der Waals surface area contributed by atoms with Gasteiger partial charge in [0, 0.05) is 25.0 Å². The lowest BCUT2D eigenvalue weighted by atomic mass is 9.54. The van der Waals surface area contributed by atoms with Crippen molar-refractivity contribution in [2.75, 3.05) is 13.2 Å². The zero-order valence-electron chi connectivity index (χ0n) is 15.2. The zero-order valence-corrected chi connectivity index (χ0v) is 15.2. The van der Waals surface area contributed by atoms with Gasteiger partial charge in [0.05, 0.1) is 6.10 Å². The maximum Gasteiger partial charge on any atom is 0.573 e. The van der Waals surface area contributed by atoms with E-state index < -0.39 is 17.3 Å². The van der Waals surface area contributed by atoms with E-state index in [0.29, 0.717) is 18.6 Å². The van der Waals surface area contributed by atoms with Gasteiger partial charge in [-0.1, -0.05) is 32.0 Å². The van der Waals surface area contributed by atoms with E-state index in [0.717, 1.165) is 0 Å². The van der Waals surface area contributed by atoms with Gasteiger partial charge < -0.3 is 20.5 Å². The molecular formula is C18H25F3N2O3. The first-order chi connectivity index (χ1) is 12.0. The summed E-state index contributed by atoms with van der Waals surface area (Å²) in [4.78, 5) is 12.5. The largest absolute Gasteiger partial charge is 0.573 e. The fraction of sp³-hybridized carbons (Fsp3) is 0.611. The van der Waals surface area contributed by atoms with E-state index in [1.54, 1.807) is 6.07 Å². The van der Waals surface area contributed by atoms with Crippen LogP contribution in [0.5, 0.6) is 5.75 Å². The van der Waals surface area contributed by atoms with Crippen molar-refractivity contribution in [3.63, 3.8) is 0 Å². The number of hydrogen-bond acceptors (Lipinski definition) is 4. The lowest BCUT2D eigenvalue weighted by Crippen LogP contribution is -2.75. The average molecular weight is 374 g/mol. The summed E-state index contributed by atoms with van der Waals surface area (Å²) in [6.45, 7) is 6.34. The van der Waals surface area contributed by atoms with Gasteiger partial charge in [0.1, 0.15) is 11.3 Å². The van der Waals surface area contributed by atoms with Crippen molar-refractivity contribution in [3.05, 3.63) is 29.8 Å². The van der Waals surface area contributed by atoms with Crippen LogP contribution in [-0.2, 0) is 16.0 Å². The summed E-state index contributed by atoms with van der Waals surface area (Å²) in [5, 5.41) is 2.73. The number of carbonyl (C=O) groups is 1. The molecule has 146 valence electrons. The molecule has 1 saturated carbocycles. The van der Waals surface area contributed by atoms with Gasteiger partial charge in [-0.15, -0.1) is 13.2 Å². The first-order valence-corrected chi connectivity index (χ1v) is 8.53. The molecule has 1 aliphatic carbocycles. The van der Waals surface area contributed by atoms with Crippen LogP contribution in [-0.4, -0.2) is 37.1 Å². The number of alkyl halides is 3. The molecule has 0 aromatic heterocycles. The van der Waals surface area contributed by atoms with Gasteiger partial charge in [0.2, 0.25) is 5.91 Å². The number of benzene rings is 1. The maximum absolute atomic E-state index is 12.5. The van der Waals surface area contributed by atoms with Crippen molar-refractivity contribution >= 4 is 5.91 Å². The minimum atomic E-state index is -4.76. The van der Waals surface area contributed by atoms with Crippen LogP contribution in [0.2, 0.25) is 0 Å². The summed E-state index contributed by atoms with van der Waals surface area (Å²) in [5.74, 6) is -0.593. The van der Waals surface area contributed by atoms with Crippen LogP contribution >= 0.6 is 0 Å². The Bertz CT molecular complexity index is 649. The zero-order chi connectivity index (χ0) is 19.6. The summed E-state index contributed by atoms with van der Waals surface area (Å²) < 4.78 is 46.9. The molecule has 3 N–H and O–H groups in total. The molecule has 5 nitrogen and oxygen atoms in total. The summed E-state index contributed by atoms with van der Waals surface area (Å²) in [6, 6.07) is 5.86. The molecule has 0 spiro atoms. The molecule has 0 radical (unpaired) electrons. The average Bonchev–Trinajstić information content (AvgIpc) is 2.54. The molecular weight excluding hydrogens is 349 g/mol. The number of nitrogens with one attached hydrogen (secondary N) is 1. The van der Waals surface area contributed by atoms with E-state index in [4.69, 9.17) is 10.5 Å². The summed E-state index contributed by atoms with van der Waals surface area (Å²) in [5.41, 5.74) is 5.05. The highest BCUT2D eigenvalue weighted by Gasteiger charge is 2.62. The monoisotopic (exact) mass is 374 g/mol. The highest BCUT2D eigenvalue weighted by molar-refractivity contribution is 5.88. The van der Waals surface area contributed by atoms with Gasteiger partial charge in [-0.2, -0.15) is 0 Å². The predicted octanol–water partition coefficient (Wildman–Crippen LogP) is 2.78. The highest BCUT2D eigenvalue weighted by Crippen LogP contribution is 2.49. The SMILES string of the molecule is CCOC1CC(N)(C(=O)NCCc2ccccc2OC(F)(F)F)C1(C)C. The third kappa shape index (κ3) is 4.12. The molecule has 1 aliphatic rings. The Hall–Kier alpha value is -1.80. The molecule has 2 rings (SSSR count). The van der Waals surface area contributed by atoms with Crippen LogP contribution < -0.4 is 15.8 Å². The molecule has 0 bridgehead atoms. The second-order valence-electron chi connectivity index (χ2n) is 7.00. The number of nitrogens with two attached hydrogens (primary N) is 1. The third-order valence-corrected chi connectivity index (χ3v) is 5.11. The van der Waals surface area contributed by atoms with Crippen molar-refractivity contribution in [2.24, 2.45) is 11.1 Å². The normalized spacial score (nSPS) is 24.7. The van der Waals surface area contributed by atoms with Crippen LogP contribution in [0.4, 0.5) is 13.2 Å². The Morgan fingerprint density at radius 3 is 2.58 bits per heavy atom. The number of rotatable bonds is 7. The van der Waals surface area contributed by atoms with E-state index in [1.807, 2.05) is 20.8 Å². The number of ether oxygens (including phenoxy) is 2. The van der Waals surface area contributed by atoms with Gasteiger partial charge in [0.15, 0.2) is 0 Å². The molecule has 1 aromatic rings. The lowest BCUT2D eigenvalue weighted by Gasteiger charge is -2.57. The van der Waals surface area contributed by atoms with E-state index in [9.17, 15) is 18.0 Å². The Morgan fingerprint density at radius 2 is 2.00 bits per heavy atom. The Labute approximate surface area is 151 Å². The van der Waals surface area contributed by atoms with Gasteiger partial charge in [-0.05, 0) is 25.0 Å². The van der Waals surface area contributed by atoms with Gasteiger partial charge in [-0.3, -0.25) is 4.79 Å². The number of hydrogen-bond donors (Lipinski definition) is 2. The van der Waals surface area contributed by atoms with E-state index >= 15 is 0 Å². The summed E-state index contributed by atoms with van der Waals surface area (Å²) in [7, 11) is 0. The van der Waals surface area contributed by atoms with Gasteiger partial charge in [-0.25, -0.2) is 0 Å². The molecule has 26 heavy (non-hydrogen) atoms. The standard InChI is InChI=1S/C18H25F3N2O3/c1-4-25-14-11-17(22,16(14,2)3)15(24)23-10-9-12-7-5-6-8-13(12)26-18(19,20)21/h5-8,14H,4,9-11,22H2,1-3H3,(H,23,24). The molecule has 0 aliphatic heterocycles. The molecule has 1 fully saturated rings. The van der Waals surface area contributed by atoms with Crippen molar-refractivity contribution in [1.29, 1.82) is 0 Å².